The molecule has 0 saturated heterocycles. The number of rotatable bonds is 4. The topological polar surface area (TPSA) is 76.4 Å². The van der Waals surface area contributed by atoms with E-state index in [0.29, 0.717) is 11.4 Å². The fraction of sp³-hybridized carbons (Fsp3) is 0.188. The first kappa shape index (κ1) is 14.7. The van der Waals surface area contributed by atoms with E-state index >= 15 is 0 Å². The standard InChI is InChI=1S/C16H19N3O2/c1-11-3-8-15(9-12(11)2)21-10-18-16(20)19-14-6-4-13(17)5-7-14/h3-9H,10,17H2,1-2H3,(H2,18,19,20). The molecule has 0 aliphatic heterocycles. The first-order valence-electron chi connectivity index (χ1n) is 6.65. The summed E-state index contributed by atoms with van der Waals surface area (Å²) >= 11 is 0. The SMILES string of the molecule is Cc1ccc(OCNC(=O)Nc2ccc(N)cc2)cc1C. The van der Waals surface area contributed by atoms with Crippen molar-refractivity contribution in [2.45, 2.75) is 13.8 Å². The van der Waals surface area contributed by atoms with Crippen LogP contribution in [0.1, 0.15) is 11.1 Å². The highest BCUT2D eigenvalue weighted by Crippen LogP contribution is 2.16. The Labute approximate surface area is 124 Å². The minimum atomic E-state index is -0.330. The second-order valence-corrected chi connectivity index (χ2v) is 4.79. The third-order valence-corrected chi connectivity index (χ3v) is 3.12. The van der Waals surface area contributed by atoms with Crippen LogP contribution in [0, 0.1) is 13.8 Å². The van der Waals surface area contributed by atoms with Crippen molar-refractivity contribution in [3.8, 4) is 5.75 Å². The lowest BCUT2D eigenvalue weighted by atomic mass is 10.1. The lowest BCUT2D eigenvalue weighted by Gasteiger charge is -2.10. The number of aryl methyl sites for hydroxylation is 2. The zero-order valence-corrected chi connectivity index (χ0v) is 12.1. The number of benzene rings is 2. The highest BCUT2D eigenvalue weighted by atomic mass is 16.5. The number of nitrogens with one attached hydrogen (secondary N) is 2. The molecule has 2 aromatic carbocycles. The second-order valence-electron chi connectivity index (χ2n) is 4.79. The predicted molar refractivity (Wildman–Crippen MR) is 84.4 cm³/mol. The maximum Gasteiger partial charge on any atom is 0.321 e. The van der Waals surface area contributed by atoms with Gasteiger partial charge in [-0.25, -0.2) is 4.79 Å². The molecular weight excluding hydrogens is 266 g/mol. The van der Waals surface area contributed by atoms with Crippen LogP contribution in [0.15, 0.2) is 42.5 Å². The van der Waals surface area contributed by atoms with Crippen molar-refractivity contribution < 1.29 is 9.53 Å². The number of carbonyl (C=O) groups excluding carboxylic acids is 1. The molecule has 2 amide bonds. The largest absolute Gasteiger partial charge is 0.473 e. The summed E-state index contributed by atoms with van der Waals surface area (Å²) in [6, 6.07) is 12.4. The highest BCUT2D eigenvalue weighted by Gasteiger charge is 2.02. The van der Waals surface area contributed by atoms with Crippen LogP contribution >= 0.6 is 0 Å². The Kier molecular flexibility index (Phi) is 4.66. The summed E-state index contributed by atoms with van der Waals surface area (Å²) in [5, 5.41) is 5.32. The van der Waals surface area contributed by atoms with Gasteiger partial charge >= 0.3 is 6.03 Å². The summed E-state index contributed by atoms with van der Waals surface area (Å²) < 4.78 is 5.48. The smallest absolute Gasteiger partial charge is 0.321 e. The zero-order chi connectivity index (χ0) is 15.2. The molecule has 21 heavy (non-hydrogen) atoms. The number of hydrogen-bond donors (Lipinski definition) is 3. The van der Waals surface area contributed by atoms with E-state index in [2.05, 4.69) is 10.6 Å². The second kappa shape index (κ2) is 6.65. The van der Waals surface area contributed by atoms with Crippen molar-refractivity contribution in [2.24, 2.45) is 0 Å². The van der Waals surface area contributed by atoms with Crippen LogP contribution in [0.25, 0.3) is 0 Å². The number of amides is 2. The van der Waals surface area contributed by atoms with Crippen LogP contribution in [0.3, 0.4) is 0 Å². The molecule has 0 aromatic heterocycles. The third-order valence-electron chi connectivity index (χ3n) is 3.12. The average Bonchev–Trinajstić information content (AvgIpc) is 2.45. The normalized spacial score (nSPS) is 10.0. The molecule has 0 unspecified atom stereocenters. The Bertz CT molecular complexity index is 624. The van der Waals surface area contributed by atoms with Gasteiger partial charge in [-0.2, -0.15) is 0 Å². The molecule has 0 radical (unpaired) electrons. The average molecular weight is 285 g/mol. The van der Waals surface area contributed by atoms with E-state index in [1.54, 1.807) is 24.3 Å². The minimum absolute atomic E-state index is 0.101. The van der Waals surface area contributed by atoms with Gasteiger partial charge in [-0.15, -0.1) is 0 Å². The van der Waals surface area contributed by atoms with Gasteiger partial charge in [0.05, 0.1) is 0 Å². The van der Waals surface area contributed by atoms with Gasteiger partial charge in [-0.05, 0) is 61.4 Å². The fourth-order valence-electron chi connectivity index (χ4n) is 1.73. The molecule has 0 fully saturated rings. The molecule has 0 aliphatic carbocycles. The van der Waals surface area contributed by atoms with E-state index in [4.69, 9.17) is 10.5 Å². The van der Waals surface area contributed by atoms with Gasteiger partial charge < -0.3 is 21.1 Å². The Balaban J connectivity index is 1.78. The van der Waals surface area contributed by atoms with Crippen molar-refractivity contribution >= 4 is 17.4 Å². The molecule has 0 aliphatic rings. The molecule has 2 aromatic rings. The summed E-state index contributed by atoms with van der Waals surface area (Å²) in [4.78, 5) is 11.7. The summed E-state index contributed by atoms with van der Waals surface area (Å²) in [7, 11) is 0. The van der Waals surface area contributed by atoms with Crippen LogP contribution in [0.2, 0.25) is 0 Å². The molecule has 2 rings (SSSR count). The number of hydrogen-bond acceptors (Lipinski definition) is 3. The Morgan fingerprint density at radius 1 is 1.10 bits per heavy atom. The van der Waals surface area contributed by atoms with Gasteiger partial charge in [0.25, 0.3) is 0 Å². The number of carbonyl (C=O) groups is 1. The van der Waals surface area contributed by atoms with Crippen LogP contribution < -0.4 is 21.1 Å². The monoisotopic (exact) mass is 285 g/mol. The number of anilines is 2. The molecule has 110 valence electrons. The molecule has 0 bridgehead atoms. The summed E-state index contributed by atoms with van der Waals surface area (Å²) in [5.74, 6) is 0.728. The van der Waals surface area contributed by atoms with Crippen molar-refractivity contribution in [3.63, 3.8) is 0 Å². The van der Waals surface area contributed by atoms with Crippen molar-refractivity contribution in [2.75, 3.05) is 17.8 Å². The first-order valence-corrected chi connectivity index (χ1v) is 6.65. The molecule has 5 nitrogen and oxygen atoms in total. The lowest BCUT2D eigenvalue weighted by molar-refractivity contribution is 0.234. The van der Waals surface area contributed by atoms with Crippen LogP contribution in [0.5, 0.6) is 5.75 Å². The molecule has 4 N–H and O–H groups in total. The fourth-order valence-corrected chi connectivity index (χ4v) is 1.73. The molecule has 0 atom stereocenters. The van der Waals surface area contributed by atoms with Gasteiger partial charge in [0.1, 0.15) is 5.75 Å². The van der Waals surface area contributed by atoms with Gasteiger partial charge in [0.15, 0.2) is 6.73 Å². The van der Waals surface area contributed by atoms with Gasteiger partial charge in [0, 0.05) is 11.4 Å². The molecular formula is C16H19N3O2. The summed E-state index contributed by atoms with van der Waals surface area (Å²) in [6.45, 7) is 4.16. The lowest BCUT2D eigenvalue weighted by Crippen LogP contribution is -2.32. The van der Waals surface area contributed by atoms with Crippen molar-refractivity contribution in [3.05, 3.63) is 53.6 Å². The Morgan fingerprint density at radius 3 is 2.48 bits per heavy atom. The quantitative estimate of drug-likeness (QED) is 0.597. The summed E-state index contributed by atoms with van der Waals surface area (Å²) in [6.07, 6.45) is 0. The van der Waals surface area contributed by atoms with Crippen molar-refractivity contribution in [1.29, 1.82) is 0 Å². The number of urea groups is 1. The van der Waals surface area contributed by atoms with Gasteiger partial charge in [-0.1, -0.05) is 6.07 Å². The molecule has 0 spiro atoms. The maximum atomic E-state index is 11.7. The predicted octanol–water partition coefficient (Wildman–Crippen LogP) is 3.04. The van der Waals surface area contributed by atoms with E-state index in [1.165, 1.54) is 5.56 Å². The molecule has 0 heterocycles. The summed E-state index contributed by atoms with van der Waals surface area (Å²) in [5.41, 5.74) is 9.26. The third kappa shape index (κ3) is 4.42. The van der Waals surface area contributed by atoms with E-state index in [0.717, 1.165) is 11.3 Å². The van der Waals surface area contributed by atoms with E-state index in [1.807, 2.05) is 32.0 Å². The number of nitrogen functional groups attached to an aromatic ring is 1. The van der Waals surface area contributed by atoms with Crippen molar-refractivity contribution in [1.82, 2.24) is 5.32 Å². The maximum absolute atomic E-state index is 11.7. The van der Waals surface area contributed by atoms with Gasteiger partial charge in [-0.3, -0.25) is 0 Å². The highest BCUT2D eigenvalue weighted by molar-refractivity contribution is 5.89. The van der Waals surface area contributed by atoms with Crippen LogP contribution in [0.4, 0.5) is 16.2 Å². The van der Waals surface area contributed by atoms with Gasteiger partial charge in [0.2, 0.25) is 0 Å². The first-order chi connectivity index (χ1) is 10.0. The number of ether oxygens (including phenoxy) is 1. The molecule has 0 saturated carbocycles. The van der Waals surface area contributed by atoms with E-state index in [9.17, 15) is 4.79 Å². The van der Waals surface area contributed by atoms with Crippen LogP contribution in [-0.4, -0.2) is 12.8 Å². The Morgan fingerprint density at radius 2 is 1.81 bits per heavy atom. The van der Waals surface area contributed by atoms with E-state index < -0.39 is 0 Å². The minimum Gasteiger partial charge on any atom is -0.473 e. The molecule has 5 heteroatoms. The van der Waals surface area contributed by atoms with E-state index in [-0.39, 0.29) is 12.8 Å². The van der Waals surface area contributed by atoms with Crippen LogP contribution in [-0.2, 0) is 0 Å². The Hall–Kier alpha value is -2.69. The zero-order valence-electron chi connectivity index (χ0n) is 12.1. The number of nitrogens with two attached hydrogens (primary N) is 1.